The Labute approximate surface area is 131 Å². The summed E-state index contributed by atoms with van der Waals surface area (Å²) in [7, 11) is -0.632. The minimum atomic E-state index is -0.632. The van der Waals surface area contributed by atoms with Gasteiger partial charge in [-0.3, -0.25) is 4.79 Å². The number of benzene rings is 1. The average molecular weight is 307 g/mol. The van der Waals surface area contributed by atoms with Crippen molar-refractivity contribution < 1.29 is 18.5 Å². The van der Waals surface area contributed by atoms with Gasteiger partial charge in [-0.05, 0) is 51.7 Å². The average Bonchev–Trinajstić information content (AvgIpc) is 2.64. The minimum Gasteiger partial charge on any atom is -0.399 e. The molecule has 0 atom stereocenters. The van der Waals surface area contributed by atoms with Crippen molar-refractivity contribution in [3.05, 3.63) is 29.6 Å². The zero-order valence-electron chi connectivity index (χ0n) is 13.8. The highest BCUT2D eigenvalue weighted by Gasteiger charge is 2.51. The number of amides is 1. The molecule has 0 unspecified atom stereocenters. The van der Waals surface area contributed by atoms with Crippen LogP contribution in [0.4, 0.5) is 4.39 Å². The summed E-state index contributed by atoms with van der Waals surface area (Å²) in [5.41, 5.74) is -0.353. The van der Waals surface area contributed by atoms with Crippen LogP contribution in [0.3, 0.4) is 0 Å². The first-order valence-corrected chi connectivity index (χ1v) is 7.61. The molecule has 1 N–H and O–H groups in total. The van der Waals surface area contributed by atoms with Crippen molar-refractivity contribution in [1.29, 1.82) is 0 Å². The van der Waals surface area contributed by atoms with Gasteiger partial charge in [0.05, 0.1) is 16.8 Å². The third-order valence-corrected chi connectivity index (χ3v) is 4.30. The smallest absolute Gasteiger partial charge is 0.399 e. The van der Waals surface area contributed by atoms with Crippen LogP contribution in [0.1, 0.15) is 51.4 Å². The van der Waals surface area contributed by atoms with Gasteiger partial charge in [-0.15, -0.1) is 0 Å². The van der Waals surface area contributed by atoms with E-state index in [1.807, 2.05) is 34.6 Å². The molecule has 0 aliphatic carbocycles. The lowest BCUT2D eigenvalue weighted by Crippen LogP contribution is -2.41. The molecule has 1 aliphatic heterocycles. The van der Waals surface area contributed by atoms with E-state index in [1.165, 1.54) is 12.1 Å². The maximum atomic E-state index is 14.2. The maximum absolute atomic E-state index is 14.2. The fourth-order valence-electron chi connectivity index (χ4n) is 2.18. The van der Waals surface area contributed by atoms with Crippen molar-refractivity contribution in [2.75, 3.05) is 6.54 Å². The van der Waals surface area contributed by atoms with Crippen LogP contribution in [-0.2, 0) is 9.31 Å². The number of rotatable bonds is 4. The molecule has 22 heavy (non-hydrogen) atoms. The summed E-state index contributed by atoms with van der Waals surface area (Å²) in [5.74, 6) is -0.972. The van der Waals surface area contributed by atoms with Gasteiger partial charge in [-0.2, -0.15) is 0 Å². The van der Waals surface area contributed by atoms with Gasteiger partial charge in [0.2, 0.25) is 0 Å². The quantitative estimate of drug-likeness (QED) is 0.868. The van der Waals surface area contributed by atoms with Gasteiger partial charge in [-0.1, -0.05) is 13.0 Å². The molecule has 1 aromatic rings. The Hall–Kier alpha value is -1.40. The van der Waals surface area contributed by atoms with Gasteiger partial charge in [-0.25, -0.2) is 4.39 Å². The van der Waals surface area contributed by atoms with Crippen molar-refractivity contribution in [3.8, 4) is 0 Å². The SMILES string of the molecule is CCCNC(=O)c1ccc(B2OC(C)(C)C(C)(C)O2)cc1F. The fraction of sp³-hybridized carbons (Fsp3) is 0.562. The largest absolute Gasteiger partial charge is 0.494 e. The molecule has 1 fully saturated rings. The van der Waals surface area contributed by atoms with E-state index >= 15 is 0 Å². The summed E-state index contributed by atoms with van der Waals surface area (Å²) in [6.45, 7) is 10.2. The molecule has 0 saturated carbocycles. The third kappa shape index (κ3) is 3.18. The lowest BCUT2D eigenvalue weighted by molar-refractivity contribution is 0.00578. The lowest BCUT2D eigenvalue weighted by atomic mass is 9.78. The number of hydrogen-bond acceptors (Lipinski definition) is 3. The number of carbonyl (C=O) groups excluding carboxylic acids is 1. The van der Waals surface area contributed by atoms with Crippen LogP contribution in [0.25, 0.3) is 0 Å². The first-order valence-electron chi connectivity index (χ1n) is 7.61. The van der Waals surface area contributed by atoms with E-state index in [1.54, 1.807) is 6.07 Å². The maximum Gasteiger partial charge on any atom is 0.494 e. The van der Waals surface area contributed by atoms with Crippen molar-refractivity contribution in [2.24, 2.45) is 0 Å². The Balaban J connectivity index is 2.19. The zero-order valence-corrected chi connectivity index (χ0v) is 13.8. The molecule has 0 radical (unpaired) electrons. The van der Waals surface area contributed by atoms with E-state index in [0.29, 0.717) is 12.0 Å². The van der Waals surface area contributed by atoms with Crippen molar-refractivity contribution in [2.45, 2.75) is 52.2 Å². The number of hydrogen-bond donors (Lipinski definition) is 1. The normalized spacial score (nSPS) is 19.3. The van der Waals surface area contributed by atoms with Crippen molar-refractivity contribution in [1.82, 2.24) is 5.32 Å². The van der Waals surface area contributed by atoms with E-state index in [4.69, 9.17) is 9.31 Å². The highest BCUT2D eigenvalue weighted by molar-refractivity contribution is 6.62. The van der Waals surface area contributed by atoms with Crippen LogP contribution < -0.4 is 10.8 Å². The second-order valence-electron chi connectivity index (χ2n) is 6.58. The van der Waals surface area contributed by atoms with Gasteiger partial charge in [0.15, 0.2) is 0 Å². The molecular weight excluding hydrogens is 284 g/mol. The summed E-state index contributed by atoms with van der Waals surface area (Å²) in [6, 6.07) is 4.45. The monoisotopic (exact) mass is 307 g/mol. The van der Waals surface area contributed by atoms with Gasteiger partial charge < -0.3 is 14.6 Å². The minimum absolute atomic E-state index is 0.0358. The summed E-state index contributed by atoms with van der Waals surface area (Å²) in [5, 5.41) is 2.66. The molecule has 0 aromatic heterocycles. The molecular formula is C16H23BFNO3. The van der Waals surface area contributed by atoms with E-state index in [-0.39, 0.29) is 5.56 Å². The van der Waals surface area contributed by atoms with Gasteiger partial charge in [0.25, 0.3) is 5.91 Å². The standard InChI is InChI=1S/C16H23BFNO3/c1-6-9-19-14(20)12-8-7-11(10-13(12)18)17-21-15(2,3)16(4,5)22-17/h7-8,10H,6,9H2,1-5H3,(H,19,20). The van der Waals surface area contributed by atoms with E-state index in [9.17, 15) is 9.18 Å². The highest BCUT2D eigenvalue weighted by Crippen LogP contribution is 2.36. The topological polar surface area (TPSA) is 47.6 Å². The molecule has 1 saturated heterocycles. The van der Waals surface area contributed by atoms with Crippen LogP contribution in [-0.4, -0.2) is 30.8 Å². The summed E-state index contributed by atoms with van der Waals surface area (Å²) >= 11 is 0. The molecule has 1 aliphatic rings. The highest BCUT2D eigenvalue weighted by atomic mass is 19.1. The molecule has 0 bridgehead atoms. The van der Waals surface area contributed by atoms with Crippen LogP contribution >= 0.6 is 0 Å². The molecule has 1 amide bonds. The van der Waals surface area contributed by atoms with Crippen molar-refractivity contribution in [3.63, 3.8) is 0 Å². The number of nitrogens with one attached hydrogen (secondary N) is 1. The molecule has 1 heterocycles. The Morgan fingerprint density at radius 3 is 2.32 bits per heavy atom. The van der Waals surface area contributed by atoms with Crippen LogP contribution in [0, 0.1) is 5.82 Å². The van der Waals surface area contributed by atoms with E-state index in [0.717, 1.165) is 6.42 Å². The summed E-state index contributed by atoms with van der Waals surface area (Å²) in [6.07, 6.45) is 0.805. The van der Waals surface area contributed by atoms with Crippen molar-refractivity contribution >= 4 is 18.5 Å². The first kappa shape index (κ1) is 17.0. The van der Waals surface area contributed by atoms with Crippen LogP contribution in [0.5, 0.6) is 0 Å². The number of halogens is 1. The molecule has 1 aromatic carbocycles. The molecule has 0 spiro atoms. The van der Waals surface area contributed by atoms with E-state index < -0.39 is 30.0 Å². The van der Waals surface area contributed by atoms with Gasteiger partial charge in [0, 0.05) is 6.54 Å². The first-order chi connectivity index (χ1) is 10.2. The molecule has 2 rings (SSSR count). The Morgan fingerprint density at radius 2 is 1.82 bits per heavy atom. The Morgan fingerprint density at radius 1 is 1.23 bits per heavy atom. The van der Waals surface area contributed by atoms with Crippen LogP contribution in [0.2, 0.25) is 0 Å². The van der Waals surface area contributed by atoms with E-state index in [2.05, 4.69) is 5.32 Å². The Kier molecular flexibility index (Phi) is 4.63. The fourth-order valence-corrected chi connectivity index (χ4v) is 2.18. The Bertz CT molecular complexity index is 559. The summed E-state index contributed by atoms with van der Waals surface area (Å²) in [4.78, 5) is 11.8. The second-order valence-corrected chi connectivity index (χ2v) is 6.58. The van der Waals surface area contributed by atoms with Gasteiger partial charge >= 0.3 is 7.12 Å². The molecule has 120 valence electrons. The van der Waals surface area contributed by atoms with Gasteiger partial charge in [0.1, 0.15) is 5.82 Å². The summed E-state index contributed by atoms with van der Waals surface area (Å²) < 4.78 is 26.0. The predicted octanol–water partition coefficient (Wildman–Crippen LogP) is 2.26. The molecule has 6 heteroatoms. The zero-order chi connectivity index (χ0) is 16.5. The second kappa shape index (κ2) is 6.01. The molecule has 4 nitrogen and oxygen atoms in total. The van der Waals surface area contributed by atoms with Crippen LogP contribution in [0.15, 0.2) is 18.2 Å². The lowest BCUT2D eigenvalue weighted by Gasteiger charge is -2.32. The number of carbonyl (C=O) groups is 1. The predicted molar refractivity (Wildman–Crippen MR) is 84.7 cm³/mol. The third-order valence-electron chi connectivity index (χ3n) is 4.30.